The van der Waals surface area contributed by atoms with Crippen molar-refractivity contribution in [3.63, 3.8) is 0 Å². The van der Waals surface area contributed by atoms with Crippen molar-refractivity contribution >= 4 is 43.2 Å². The smallest absolute Gasteiger partial charge is 0.329 e. The number of carbonyl (C=O) groups excluding carboxylic acids is 2. The van der Waals surface area contributed by atoms with Gasteiger partial charge in [0, 0.05) is 38.8 Å². The molecule has 218 valence electrons. The number of hydrogen-bond donors (Lipinski definition) is 7. The predicted octanol–water partition coefficient (Wildman–Crippen LogP) is -0.481. The number of amides is 1. The first-order valence-corrected chi connectivity index (χ1v) is 13.4. The van der Waals surface area contributed by atoms with Gasteiger partial charge >= 0.3 is 31.5 Å². The number of rotatable bonds is 23. The van der Waals surface area contributed by atoms with Gasteiger partial charge in [-0.15, -0.1) is 0 Å². The average Bonchev–Trinajstić information content (AvgIpc) is 2.81. The molecular formula is C21H35N2O14P. The topological polar surface area (TPSA) is 277 Å². The van der Waals surface area contributed by atoms with E-state index < -0.39 is 87.3 Å². The summed E-state index contributed by atoms with van der Waals surface area (Å²) in [6.07, 6.45) is -2.70. The zero-order chi connectivity index (χ0) is 29.3. The maximum absolute atomic E-state index is 12.2. The lowest BCUT2D eigenvalue weighted by Crippen LogP contribution is -2.44. The van der Waals surface area contributed by atoms with Crippen molar-refractivity contribution in [2.45, 2.75) is 51.0 Å². The molecule has 0 heterocycles. The van der Waals surface area contributed by atoms with Crippen LogP contribution in [0, 0.1) is 11.8 Å². The van der Waals surface area contributed by atoms with E-state index in [2.05, 4.69) is 4.52 Å². The molecule has 1 amide bonds. The van der Waals surface area contributed by atoms with Crippen LogP contribution in [-0.2, 0) is 42.6 Å². The Morgan fingerprint density at radius 2 is 1.45 bits per heavy atom. The largest absolute Gasteiger partial charge is 0.481 e. The van der Waals surface area contributed by atoms with E-state index in [1.54, 1.807) is 0 Å². The Morgan fingerprint density at radius 1 is 0.842 bits per heavy atom. The zero-order valence-electron chi connectivity index (χ0n) is 20.7. The molecule has 17 heteroatoms. The summed E-state index contributed by atoms with van der Waals surface area (Å²) in [6, 6.07) is -1.83. The van der Waals surface area contributed by atoms with Gasteiger partial charge in [-0.2, -0.15) is 0 Å². The van der Waals surface area contributed by atoms with Gasteiger partial charge in [-0.05, 0) is 19.3 Å². The van der Waals surface area contributed by atoms with E-state index in [9.17, 15) is 48.4 Å². The molecule has 0 saturated heterocycles. The van der Waals surface area contributed by atoms with Crippen LogP contribution in [0.25, 0.3) is 0 Å². The van der Waals surface area contributed by atoms with Crippen LogP contribution in [0.2, 0.25) is 0 Å². The monoisotopic (exact) mass is 570 g/mol. The summed E-state index contributed by atoms with van der Waals surface area (Å²) in [5.74, 6) is -9.86. The van der Waals surface area contributed by atoms with Crippen molar-refractivity contribution in [2.24, 2.45) is 17.6 Å². The highest BCUT2D eigenvalue weighted by Crippen LogP contribution is 2.44. The molecule has 0 bridgehead atoms. The third-order valence-electron chi connectivity index (χ3n) is 5.13. The lowest BCUT2D eigenvalue weighted by Gasteiger charge is -2.20. The van der Waals surface area contributed by atoms with Gasteiger partial charge < -0.3 is 45.6 Å². The highest BCUT2D eigenvalue weighted by molar-refractivity contribution is 7.52. The Hall–Kier alpha value is -2.91. The molecule has 0 saturated carbocycles. The summed E-state index contributed by atoms with van der Waals surface area (Å²) in [7, 11) is -4.69. The van der Waals surface area contributed by atoms with Gasteiger partial charge in [0.2, 0.25) is 5.91 Å². The maximum atomic E-state index is 12.2. The Kier molecular flexibility index (Phi) is 17.0. The van der Waals surface area contributed by atoms with Crippen molar-refractivity contribution in [1.82, 2.24) is 5.32 Å². The summed E-state index contributed by atoms with van der Waals surface area (Å²) in [4.78, 5) is 78.8. The van der Waals surface area contributed by atoms with Crippen molar-refractivity contribution < 1.29 is 67.9 Å². The first kappa shape index (κ1) is 35.1. The fourth-order valence-corrected chi connectivity index (χ4v) is 4.49. The highest BCUT2D eigenvalue weighted by Gasteiger charge is 2.33. The number of nitrogens with two attached hydrogens (primary N) is 1. The number of carbonyl (C=O) groups is 6. The molecule has 0 radical (unpaired) electrons. The van der Waals surface area contributed by atoms with Crippen LogP contribution in [0.3, 0.4) is 0 Å². The molecule has 8 N–H and O–H groups in total. The number of carboxylic acid groups (broad SMARTS) is 4. The molecular weight excluding hydrogens is 535 g/mol. The third-order valence-corrected chi connectivity index (χ3v) is 6.59. The lowest BCUT2D eigenvalue weighted by molar-refractivity contribution is -0.145. The number of nitrogens with one attached hydrogen (secondary N) is 1. The van der Waals surface area contributed by atoms with Gasteiger partial charge in [-0.3, -0.25) is 28.5 Å². The summed E-state index contributed by atoms with van der Waals surface area (Å²) in [5, 5.41) is 38.4. The van der Waals surface area contributed by atoms with Crippen molar-refractivity contribution in [3.8, 4) is 0 Å². The summed E-state index contributed by atoms with van der Waals surface area (Å²) in [5.41, 5.74) is 5.27. The van der Waals surface area contributed by atoms with Crippen molar-refractivity contribution in [3.05, 3.63) is 0 Å². The molecule has 38 heavy (non-hydrogen) atoms. The minimum Gasteiger partial charge on any atom is -0.481 e. The predicted molar refractivity (Wildman–Crippen MR) is 127 cm³/mol. The van der Waals surface area contributed by atoms with Gasteiger partial charge in [0.15, 0.2) is 6.04 Å². The zero-order valence-corrected chi connectivity index (χ0v) is 21.5. The molecule has 3 unspecified atom stereocenters. The van der Waals surface area contributed by atoms with E-state index in [-0.39, 0.29) is 31.7 Å². The second kappa shape index (κ2) is 18.4. The van der Waals surface area contributed by atoms with Crippen LogP contribution in [-0.4, -0.2) is 99.5 Å². The molecule has 0 aromatic heterocycles. The van der Waals surface area contributed by atoms with Crippen LogP contribution in [0.15, 0.2) is 0 Å². The van der Waals surface area contributed by atoms with Gasteiger partial charge in [-0.25, -0.2) is 4.79 Å². The number of ether oxygens (including phenoxy) is 1. The number of ketones is 1. The van der Waals surface area contributed by atoms with Crippen molar-refractivity contribution in [1.29, 1.82) is 0 Å². The molecule has 4 atom stereocenters. The fraction of sp³-hybridized carbons (Fsp3) is 0.714. The van der Waals surface area contributed by atoms with E-state index >= 15 is 0 Å². The van der Waals surface area contributed by atoms with E-state index in [1.165, 1.54) is 0 Å². The minimum absolute atomic E-state index is 0.0687. The van der Waals surface area contributed by atoms with Gasteiger partial charge in [-0.1, -0.05) is 0 Å². The van der Waals surface area contributed by atoms with E-state index in [4.69, 9.17) is 20.7 Å². The van der Waals surface area contributed by atoms with Crippen molar-refractivity contribution in [2.75, 3.05) is 32.5 Å². The van der Waals surface area contributed by atoms with E-state index in [0.717, 1.165) is 0 Å². The first-order chi connectivity index (χ1) is 17.7. The average molecular weight is 570 g/mol. The number of Topliss-reactive ketones (excluding diaryl/α,β-unsaturated/α-hetero) is 1. The van der Waals surface area contributed by atoms with E-state index in [0.29, 0.717) is 19.6 Å². The Bertz CT molecular complexity index is 880. The molecule has 0 aromatic carbocycles. The van der Waals surface area contributed by atoms with Gasteiger partial charge in [0.25, 0.3) is 0 Å². The fourth-order valence-electron chi connectivity index (χ4n) is 3.11. The van der Waals surface area contributed by atoms with Crippen LogP contribution in [0.4, 0.5) is 0 Å². The molecule has 0 fully saturated rings. The molecule has 0 aromatic rings. The van der Waals surface area contributed by atoms with Crippen LogP contribution >= 0.6 is 7.60 Å². The van der Waals surface area contributed by atoms with Gasteiger partial charge in [0.05, 0.1) is 31.2 Å². The second-order valence-electron chi connectivity index (χ2n) is 8.36. The van der Waals surface area contributed by atoms with Gasteiger partial charge in [0.1, 0.15) is 5.78 Å². The molecule has 0 spiro atoms. The van der Waals surface area contributed by atoms with Crippen LogP contribution in [0.5, 0.6) is 0 Å². The number of carboxylic acids is 4. The number of hydrogen-bond acceptors (Lipinski definition) is 10. The molecule has 0 aliphatic heterocycles. The Morgan fingerprint density at radius 3 is 1.97 bits per heavy atom. The third kappa shape index (κ3) is 16.8. The van der Waals surface area contributed by atoms with E-state index in [1.807, 2.05) is 5.32 Å². The quantitative estimate of drug-likeness (QED) is 0.0603. The Labute approximate surface area is 218 Å². The first-order valence-electron chi connectivity index (χ1n) is 11.6. The summed E-state index contributed by atoms with van der Waals surface area (Å²) >= 11 is 0. The lowest BCUT2D eigenvalue weighted by atomic mass is 9.95. The Balaban J connectivity index is 4.82. The van der Waals surface area contributed by atoms with Crippen LogP contribution in [0.1, 0.15) is 44.9 Å². The SMILES string of the molecule is NCCOCCCC(=O)CC(CCC(=O)N[C@@H](COP(=O)(O)CC(CCC(=O)O)C(=O)O)C(=O)O)C(=O)O. The molecule has 0 aliphatic rings. The second-order valence-corrected chi connectivity index (χ2v) is 10.3. The minimum atomic E-state index is -4.69. The van der Waals surface area contributed by atoms with Crippen LogP contribution < -0.4 is 11.1 Å². The standard InChI is InChI=1S/C21H35N2O14P/c22-7-9-36-8-1-2-15(24)10-13(19(28)29)3-5-17(25)23-16(21(32)33)11-37-38(34,35)12-14(20(30)31)4-6-18(26)27/h13-14,16H,1-12,22H2,(H,23,25)(H,26,27)(H,28,29)(H,30,31)(H,32,33)(H,34,35)/t13?,14?,16-/m0/s1. The summed E-state index contributed by atoms with van der Waals surface area (Å²) < 4.78 is 22.0. The maximum Gasteiger partial charge on any atom is 0.329 e. The summed E-state index contributed by atoms with van der Waals surface area (Å²) in [6.45, 7) is -0.0883. The molecule has 0 aliphatic carbocycles. The molecule has 16 nitrogen and oxygen atoms in total. The highest BCUT2D eigenvalue weighted by atomic mass is 31.2. The molecule has 0 rings (SSSR count). The number of aliphatic carboxylic acids is 4. The normalized spacial score (nSPS) is 15.0.